The van der Waals surface area contributed by atoms with Gasteiger partial charge in [-0.25, -0.2) is 15.0 Å². The maximum atomic E-state index is 11.1. The lowest BCUT2D eigenvalue weighted by Gasteiger charge is -2.09. The summed E-state index contributed by atoms with van der Waals surface area (Å²) in [5.41, 5.74) is 12.6. The van der Waals surface area contributed by atoms with Crippen molar-refractivity contribution >= 4 is 38.9 Å². The van der Waals surface area contributed by atoms with Gasteiger partial charge in [-0.2, -0.15) is 8.42 Å². The molecular weight excluding hydrogens is 468 g/mol. The van der Waals surface area contributed by atoms with Crippen LogP contribution in [0.1, 0.15) is 24.8 Å². The molecule has 0 radical (unpaired) electrons. The molecule has 0 saturated heterocycles. The number of terminal acetylenes is 1. The zero-order chi connectivity index (χ0) is 23.6. The van der Waals surface area contributed by atoms with Gasteiger partial charge >= 0.3 is 0 Å². The van der Waals surface area contributed by atoms with Crippen LogP contribution in [0.15, 0.2) is 28.5 Å². The van der Waals surface area contributed by atoms with E-state index in [0.717, 1.165) is 0 Å². The van der Waals surface area contributed by atoms with Gasteiger partial charge in [-0.15, -0.1) is 6.42 Å². The van der Waals surface area contributed by atoms with Gasteiger partial charge in [-0.05, 0) is 25.3 Å². The van der Waals surface area contributed by atoms with Crippen LogP contribution in [0.3, 0.4) is 0 Å². The molecule has 0 amide bonds. The number of nitrogens with zero attached hydrogens (tertiary/aromatic N) is 4. The van der Waals surface area contributed by atoms with Gasteiger partial charge in [0.05, 0.1) is 5.75 Å². The highest BCUT2D eigenvalue weighted by Crippen LogP contribution is 2.41. The Bertz CT molecular complexity index is 1330. The molecule has 2 aliphatic rings. The van der Waals surface area contributed by atoms with Crippen molar-refractivity contribution in [1.82, 2.24) is 19.5 Å². The number of ether oxygens (including phenoxy) is 2. The summed E-state index contributed by atoms with van der Waals surface area (Å²) >= 11 is 1.26. The first kappa shape index (κ1) is 23.1. The molecule has 3 heterocycles. The average Bonchev–Trinajstić information content (AvgIpc) is 3.27. The molecule has 11 nitrogen and oxygen atoms in total. The van der Waals surface area contributed by atoms with Crippen LogP contribution in [-0.4, -0.2) is 51.1 Å². The molecule has 3 aromatic rings. The minimum atomic E-state index is -4.08. The van der Waals surface area contributed by atoms with Crippen LogP contribution in [-0.2, 0) is 16.7 Å². The number of hydrogen-bond donors (Lipinski definition) is 3. The van der Waals surface area contributed by atoms with Gasteiger partial charge in [0, 0.05) is 29.1 Å². The van der Waals surface area contributed by atoms with Crippen molar-refractivity contribution < 1.29 is 22.4 Å². The maximum absolute atomic E-state index is 11.1. The molecule has 0 bridgehead atoms. The highest BCUT2D eigenvalue weighted by atomic mass is 32.2. The highest BCUT2D eigenvalue weighted by molar-refractivity contribution is 7.99. The van der Waals surface area contributed by atoms with Crippen molar-refractivity contribution in [2.75, 3.05) is 18.3 Å². The normalized spacial score (nSPS) is 14.6. The average molecular weight is 491 g/mol. The van der Waals surface area contributed by atoms with Gasteiger partial charge in [0.2, 0.25) is 6.79 Å². The lowest BCUT2D eigenvalue weighted by atomic mass is 10.2. The number of nitrogens with two attached hydrogens (primary N) is 2. The van der Waals surface area contributed by atoms with E-state index in [1.165, 1.54) is 30.9 Å². The molecule has 0 spiro atoms. The predicted octanol–water partition coefficient (Wildman–Crippen LogP) is 1.66. The summed E-state index contributed by atoms with van der Waals surface area (Å²) < 4.78 is 43.7. The van der Waals surface area contributed by atoms with Crippen molar-refractivity contribution in [1.29, 1.82) is 0 Å². The fourth-order valence-corrected chi connectivity index (χ4v) is 4.44. The van der Waals surface area contributed by atoms with Gasteiger partial charge in [-0.3, -0.25) is 4.55 Å². The van der Waals surface area contributed by atoms with Gasteiger partial charge in [0.15, 0.2) is 33.6 Å². The number of fused-ring (bicyclic) bond motifs is 2. The molecule has 1 aliphatic carbocycles. The van der Waals surface area contributed by atoms with Gasteiger partial charge in [0.1, 0.15) is 6.33 Å². The highest BCUT2D eigenvalue weighted by Gasteiger charge is 2.21. The monoisotopic (exact) mass is 490 g/mol. The molecule has 33 heavy (non-hydrogen) atoms. The van der Waals surface area contributed by atoms with E-state index in [9.17, 15) is 8.42 Å². The van der Waals surface area contributed by atoms with E-state index in [-0.39, 0.29) is 25.6 Å². The minimum Gasteiger partial charge on any atom is -0.454 e. The second kappa shape index (κ2) is 9.44. The lowest BCUT2D eigenvalue weighted by molar-refractivity contribution is 0.174. The Morgan fingerprint density at radius 2 is 1.97 bits per heavy atom. The Morgan fingerprint density at radius 3 is 2.61 bits per heavy atom. The molecule has 1 aromatic carbocycles. The number of anilines is 1. The van der Waals surface area contributed by atoms with Crippen LogP contribution in [0, 0.1) is 12.3 Å². The molecule has 13 heteroatoms. The van der Waals surface area contributed by atoms with E-state index >= 15 is 0 Å². The number of aryl methyl sites for hydroxylation is 1. The Hall–Kier alpha value is -3.05. The SMILES string of the molecule is C#Cc1cc2c(cc1Sc1nc3c(N)ncnc3n1CCCS(=O)(=O)O)OCO2.NC1CC1. The first-order chi connectivity index (χ1) is 15.7. The molecule has 0 unspecified atom stereocenters. The second-order valence-corrected chi connectivity index (χ2v) is 9.98. The van der Waals surface area contributed by atoms with E-state index in [2.05, 4.69) is 20.9 Å². The minimum absolute atomic E-state index is 0.119. The van der Waals surface area contributed by atoms with Crippen LogP contribution >= 0.6 is 11.8 Å². The Kier molecular flexibility index (Phi) is 6.61. The zero-order valence-corrected chi connectivity index (χ0v) is 19.1. The van der Waals surface area contributed by atoms with Crippen molar-refractivity contribution in [3.8, 4) is 23.8 Å². The molecule has 5 rings (SSSR count). The third kappa shape index (κ3) is 5.66. The van der Waals surface area contributed by atoms with Gasteiger partial charge in [-0.1, -0.05) is 17.7 Å². The van der Waals surface area contributed by atoms with Gasteiger partial charge in [0.25, 0.3) is 10.1 Å². The van der Waals surface area contributed by atoms with Crippen molar-refractivity contribution in [2.45, 2.75) is 41.9 Å². The summed E-state index contributed by atoms with van der Waals surface area (Å²) in [5.74, 6) is 3.56. The third-order valence-corrected chi connectivity index (χ3v) is 6.62. The van der Waals surface area contributed by atoms with Crippen molar-refractivity contribution in [3.63, 3.8) is 0 Å². The first-order valence-corrected chi connectivity index (χ1v) is 12.4. The molecule has 2 aromatic heterocycles. The smallest absolute Gasteiger partial charge is 0.264 e. The van der Waals surface area contributed by atoms with Crippen LogP contribution in [0.25, 0.3) is 11.2 Å². The fraction of sp³-hybridized carbons (Fsp3) is 0.350. The maximum Gasteiger partial charge on any atom is 0.264 e. The zero-order valence-electron chi connectivity index (χ0n) is 17.5. The molecule has 0 atom stereocenters. The lowest BCUT2D eigenvalue weighted by Crippen LogP contribution is -2.09. The van der Waals surface area contributed by atoms with E-state index in [0.29, 0.717) is 44.3 Å². The first-order valence-electron chi connectivity index (χ1n) is 10.0. The van der Waals surface area contributed by atoms with Crippen LogP contribution in [0.4, 0.5) is 5.82 Å². The van der Waals surface area contributed by atoms with Crippen molar-refractivity contribution in [2.24, 2.45) is 5.73 Å². The van der Waals surface area contributed by atoms with Crippen LogP contribution in [0.5, 0.6) is 11.5 Å². The Morgan fingerprint density at radius 1 is 1.27 bits per heavy atom. The Balaban J connectivity index is 0.000000586. The number of imidazole rings is 1. The molecule has 1 saturated carbocycles. The summed E-state index contributed by atoms with van der Waals surface area (Å²) in [6.07, 6.45) is 9.63. The number of rotatable bonds is 6. The second-order valence-electron chi connectivity index (χ2n) is 7.40. The number of nitrogen functional groups attached to an aromatic ring is 1. The van der Waals surface area contributed by atoms with E-state index in [4.69, 9.17) is 31.9 Å². The number of hydrogen-bond acceptors (Lipinski definition) is 10. The van der Waals surface area contributed by atoms with Gasteiger partial charge < -0.3 is 25.5 Å². The summed E-state index contributed by atoms with van der Waals surface area (Å²) in [6.45, 7) is 0.360. The standard InChI is InChI=1S/C17H15N5O5S2.C3H7N/c1-2-10-6-11-12(27-9-26-11)7-13(10)28-17-21-14-15(18)19-8-20-16(14)22(17)4-3-5-29(23,24)25;4-3-1-2-3/h1,6-8H,3-5,9H2,(H2,18,19,20)(H,23,24,25);3H,1-2,4H2. The number of aromatic nitrogens is 4. The molecular formula is C20H22N6O5S2. The summed E-state index contributed by atoms with van der Waals surface area (Å²) in [5, 5.41) is 0.498. The number of benzene rings is 1. The molecule has 174 valence electrons. The van der Waals surface area contributed by atoms with E-state index < -0.39 is 15.9 Å². The van der Waals surface area contributed by atoms with E-state index in [1.54, 1.807) is 16.7 Å². The predicted molar refractivity (Wildman–Crippen MR) is 123 cm³/mol. The fourth-order valence-electron chi connectivity index (χ4n) is 2.93. The van der Waals surface area contributed by atoms with Crippen LogP contribution in [0.2, 0.25) is 0 Å². The van der Waals surface area contributed by atoms with Crippen molar-refractivity contribution in [3.05, 3.63) is 24.0 Å². The molecule has 5 N–H and O–H groups in total. The Labute approximate surface area is 194 Å². The summed E-state index contributed by atoms with van der Waals surface area (Å²) in [7, 11) is -4.08. The summed E-state index contributed by atoms with van der Waals surface area (Å²) in [6, 6.07) is 4.06. The molecule has 1 fully saturated rings. The summed E-state index contributed by atoms with van der Waals surface area (Å²) in [4.78, 5) is 13.4. The third-order valence-electron chi connectivity index (χ3n) is 4.76. The quantitative estimate of drug-likeness (QED) is 0.339. The molecule has 1 aliphatic heterocycles. The largest absolute Gasteiger partial charge is 0.454 e. The van der Waals surface area contributed by atoms with E-state index in [1.807, 2.05) is 0 Å². The van der Waals surface area contributed by atoms with Crippen LogP contribution < -0.4 is 20.9 Å². The topological polar surface area (TPSA) is 168 Å².